The lowest BCUT2D eigenvalue weighted by atomic mass is 9.91. The van der Waals surface area contributed by atoms with Gasteiger partial charge < -0.3 is 15.3 Å². The summed E-state index contributed by atoms with van der Waals surface area (Å²) in [6.07, 6.45) is 7.06. The quantitative estimate of drug-likeness (QED) is 0.768. The van der Waals surface area contributed by atoms with Gasteiger partial charge in [-0.3, -0.25) is 4.79 Å². The molecule has 3 heterocycles. The van der Waals surface area contributed by atoms with Gasteiger partial charge in [0.25, 0.3) is 11.8 Å². The van der Waals surface area contributed by atoms with Gasteiger partial charge in [0.15, 0.2) is 11.5 Å². The number of halogens is 2. The normalized spacial score (nSPS) is 26.5. The van der Waals surface area contributed by atoms with E-state index in [1.165, 1.54) is 0 Å². The van der Waals surface area contributed by atoms with Crippen molar-refractivity contribution in [2.75, 3.05) is 13.2 Å². The van der Waals surface area contributed by atoms with Crippen LogP contribution in [0.1, 0.15) is 60.3 Å². The number of fused-ring (bicyclic) bond motifs is 2. The zero-order chi connectivity index (χ0) is 19.5. The molecule has 1 saturated carbocycles. The number of aliphatic hydroxyl groups is 1. The van der Waals surface area contributed by atoms with Crippen LogP contribution in [-0.2, 0) is 12.3 Å². The Morgan fingerprint density at radius 3 is 2.79 bits per heavy atom. The summed E-state index contributed by atoms with van der Waals surface area (Å²) in [5, 5.41) is 17.0. The SMILES string of the molecule is O=C(NC1(CO)CCCC1)c1nn(C2=CN3CC3C=N2)c2c1CCCC2(F)F. The van der Waals surface area contributed by atoms with Crippen LogP contribution in [-0.4, -0.2) is 56.6 Å². The number of hydrogen-bond acceptors (Lipinski definition) is 5. The summed E-state index contributed by atoms with van der Waals surface area (Å²) in [5.41, 5.74) is -0.584. The highest BCUT2D eigenvalue weighted by Gasteiger charge is 2.45. The molecule has 9 heteroatoms. The minimum Gasteiger partial charge on any atom is -0.394 e. The minimum absolute atomic E-state index is 0.0260. The highest BCUT2D eigenvalue weighted by molar-refractivity contribution is 5.95. The van der Waals surface area contributed by atoms with Crippen LogP contribution in [0, 0.1) is 0 Å². The van der Waals surface area contributed by atoms with Crippen LogP contribution >= 0.6 is 0 Å². The van der Waals surface area contributed by atoms with Crippen molar-refractivity contribution in [3.63, 3.8) is 0 Å². The van der Waals surface area contributed by atoms with Gasteiger partial charge in [0.05, 0.1) is 18.2 Å². The van der Waals surface area contributed by atoms with Crippen molar-refractivity contribution < 1.29 is 18.7 Å². The Kier molecular flexibility index (Phi) is 3.88. The molecule has 0 bridgehead atoms. The second-order valence-corrected chi connectivity index (χ2v) is 8.27. The average Bonchev–Trinajstić information content (AvgIpc) is 3.09. The summed E-state index contributed by atoms with van der Waals surface area (Å²) in [4.78, 5) is 19.3. The number of amides is 1. The lowest BCUT2D eigenvalue weighted by Gasteiger charge is -2.28. The first kappa shape index (κ1) is 17.8. The molecular formula is C19H23F2N5O2. The first-order valence-electron chi connectivity index (χ1n) is 9.88. The lowest BCUT2D eigenvalue weighted by molar-refractivity contribution is -0.0281. The van der Waals surface area contributed by atoms with Gasteiger partial charge in [0, 0.05) is 30.9 Å². The van der Waals surface area contributed by atoms with Gasteiger partial charge >= 0.3 is 0 Å². The summed E-state index contributed by atoms with van der Waals surface area (Å²) in [6, 6.07) is 0.241. The Labute approximate surface area is 161 Å². The maximum atomic E-state index is 14.8. The van der Waals surface area contributed by atoms with Crippen LogP contribution in [0.5, 0.6) is 0 Å². The van der Waals surface area contributed by atoms with E-state index < -0.39 is 17.4 Å². The molecule has 2 aliphatic heterocycles. The van der Waals surface area contributed by atoms with E-state index in [0.29, 0.717) is 37.1 Å². The molecule has 0 aromatic carbocycles. The predicted octanol–water partition coefficient (Wildman–Crippen LogP) is 1.87. The summed E-state index contributed by atoms with van der Waals surface area (Å²) in [6.45, 7) is 0.656. The third-order valence-electron chi connectivity index (χ3n) is 6.27. The molecule has 7 nitrogen and oxygen atoms in total. The number of carbonyl (C=O) groups is 1. The molecule has 1 aromatic heterocycles. The van der Waals surface area contributed by atoms with E-state index in [2.05, 4.69) is 15.4 Å². The average molecular weight is 391 g/mol. The number of hydrogen-bond donors (Lipinski definition) is 2. The van der Waals surface area contributed by atoms with Gasteiger partial charge in [-0.2, -0.15) is 13.9 Å². The summed E-state index contributed by atoms with van der Waals surface area (Å²) >= 11 is 0. The molecule has 2 fully saturated rings. The molecule has 1 atom stereocenters. The number of nitrogens with zero attached hydrogens (tertiary/aromatic N) is 4. The number of alkyl halides is 2. The van der Waals surface area contributed by atoms with Gasteiger partial charge in [-0.1, -0.05) is 12.8 Å². The van der Waals surface area contributed by atoms with Crippen molar-refractivity contribution in [2.24, 2.45) is 4.99 Å². The van der Waals surface area contributed by atoms with Crippen LogP contribution < -0.4 is 5.32 Å². The van der Waals surface area contributed by atoms with E-state index in [9.17, 15) is 18.7 Å². The minimum atomic E-state index is -3.06. The van der Waals surface area contributed by atoms with Crippen molar-refractivity contribution in [3.05, 3.63) is 23.2 Å². The zero-order valence-electron chi connectivity index (χ0n) is 15.5. The summed E-state index contributed by atoms with van der Waals surface area (Å²) < 4.78 is 30.8. The van der Waals surface area contributed by atoms with E-state index in [-0.39, 0.29) is 30.5 Å². The Bertz CT molecular complexity index is 885. The number of nitrogens with one attached hydrogen (secondary N) is 1. The number of aliphatic hydroxyl groups excluding tert-OH is 1. The lowest BCUT2D eigenvalue weighted by Crippen LogP contribution is -2.49. The van der Waals surface area contributed by atoms with Gasteiger partial charge in [-0.15, -0.1) is 0 Å². The maximum absolute atomic E-state index is 14.8. The van der Waals surface area contributed by atoms with E-state index in [0.717, 1.165) is 24.1 Å². The monoisotopic (exact) mass is 391 g/mol. The Hall–Kier alpha value is -2.29. The molecule has 0 radical (unpaired) electrons. The van der Waals surface area contributed by atoms with Crippen molar-refractivity contribution in [3.8, 4) is 0 Å². The molecule has 5 rings (SSSR count). The van der Waals surface area contributed by atoms with E-state index in [1.54, 1.807) is 12.4 Å². The Morgan fingerprint density at radius 2 is 2.07 bits per heavy atom. The van der Waals surface area contributed by atoms with Crippen molar-refractivity contribution in [1.82, 2.24) is 20.0 Å². The van der Waals surface area contributed by atoms with E-state index in [4.69, 9.17) is 0 Å². The molecule has 0 spiro atoms. The van der Waals surface area contributed by atoms with E-state index >= 15 is 0 Å². The number of rotatable bonds is 4. The van der Waals surface area contributed by atoms with Crippen LogP contribution in [0.4, 0.5) is 8.78 Å². The van der Waals surface area contributed by atoms with Crippen molar-refractivity contribution in [1.29, 1.82) is 0 Å². The van der Waals surface area contributed by atoms with E-state index in [1.807, 2.05) is 4.90 Å². The molecule has 1 aromatic rings. The molecule has 4 aliphatic rings. The molecule has 28 heavy (non-hydrogen) atoms. The van der Waals surface area contributed by atoms with Gasteiger partial charge in [-0.05, 0) is 25.7 Å². The third-order valence-corrected chi connectivity index (χ3v) is 6.27. The molecule has 1 amide bonds. The van der Waals surface area contributed by atoms with Crippen LogP contribution in [0.25, 0.3) is 5.82 Å². The predicted molar refractivity (Wildman–Crippen MR) is 98.1 cm³/mol. The topological polar surface area (TPSA) is 82.5 Å². The zero-order valence-corrected chi connectivity index (χ0v) is 15.5. The number of aliphatic imine (C=N–C) groups is 1. The number of carbonyl (C=O) groups excluding carboxylic acids is 1. The number of aromatic nitrogens is 2. The van der Waals surface area contributed by atoms with Gasteiger partial charge in [0.1, 0.15) is 5.69 Å². The highest BCUT2D eigenvalue weighted by atomic mass is 19.3. The molecule has 1 unspecified atom stereocenters. The standard InChI is InChI=1S/C19H23F2N5O2/c20-19(21)7-3-4-13-15(17(28)23-18(11-27)5-1-2-6-18)24-26(16(13)19)14-10-25-9-12(25)8-22-14/h8,10,12,27H,1-7,9,11H2,(H,23,28). The smallest absolute Gasteiger partial charge is 0.290 e. The van der Waals surface area contributed by atoms with Gasteiger partial charge in [0.2, 0.25) is 0 Å². The molecule has 2 aliphatic carbocycles. The summed E-state index contributed by atoms with van der Waals surface area (Å²) in [7, 11) is 0. The second kappa shape index (κ2) is 6.10. The first-order chi connectivity index (χ1) is 13.4. The van der Waals surface area contributed by atoms with Crippen LogP contribution in [0.3, 0.4) is 0 Å². The third kappa shape index (κ3) is 2.75. The van der Waals surface area contributed by atoms with Crippen LogP contribution in [0.2, 0.25) is 0 Å². The van der Waals surface area contributed by atoms with Crippen LogP contribution in [0.15, 0.2) is 11.2 Å². The molecule has 150 valence electrons. The molecule has 1 saturated heterocycles. The highest BCUT2D eigenvalue weighted by Crippen LogP contribution is 2.43. The van der Waals surface area contributed by atoms with Crippen molar-refractivity contribution in [2.45, 2.75) is 62.4 Å². The Balaban J connectivity index is 1.55. The summed E-state index contributed by atoms with van der Waals surface area (Å²) in [5.74, 6) is -3.25. The second-order valence-electron chi connectivity index (χ2n) is 8.27. The Morgan fingerprint density at radius 1 is 1.29 bits per heavy atom. The largest absolute Gasteiger partial charge is 0.394 e. The van der Waals surface area contributed by atoms with Crippen molar-refractivity contribution >= 4 is 17.9 Å². The fraction of sp³-hybridized carbons (Fsp3) is 0.632. The first-order valence-corrected chi connectivity index (χ1v) is 9.88. The maximum Gasteiger partial charge on any atom is 0.290 e. The fourth-order valence-corrected chi connectivity index (χ4v) is 4.59. The molecule has 2 N–H and O–H groups in total. The fourth-order valence-electron chi connectivity index (χ4n) is 4.59. The van der Waals surface area contributed by atoms with Gasteiger partial charge in [-0.25, -0.2) is 9.67 Å². The molecular weight excluding hydrogens is 368 g/mol.